The second kappa shape index (κ2) is 4.92. The SMILES string of the molecule is CC1(C)CCCN(C(=O)c2ccc(F)c(S)c2)C1. The number of nitrogens with zero attached hydrogens (tertiary/aromatic N) is 1. The Morgan fingerprint density at radius 1 is 1.44 bits per heavy atom. The average molecular weight is 267 g/mol. The molecule has 0 unspecified atom stereocenters. The van der Waals surface area contributed by atoms with Crippen LogP contribution in [0.25, 0.3) is 0 Å². The summed E-state index contributed by atoms with van der Waals surface area (Å²) in [7, 11) is 0. The lowest BCUT2D eigenvalue weighted by atomic mass is 9.84. The van der Waals surface area contributed by atoms with Gasteiger partial charge >= 0.3 is 0 Å². The summed E-state index contributed by atoms with van der Waals surface area (Å²) in [6.45, 7) is 5.87. The van der Waals surface area contributed by atoms with Crippen LogP contribution in [0.2, 0.25) is 0 Å². The van der Waals surface area contributed by atoms with Crippen LogP contribution in [-0.2, 0) is 0 Å². The van der Waals surface area contributed by atoms with Gasteiger partial charge in [0.1, 0.15) is 5.82 Å². The van der Waals surface area contributed by atoms with Gasteiger partial charge in [0.05, 0.1) is 0 Å². The molecule has 0 spiro atoms. The average Bonchev–Trinajstić information content (AvgIpc) is 2.30. The molecular weight excluding hydrogens is 249 g/mol. The van der Waals surface area contributed by atoms with E-state index in [1.54, 1.807) is 0 Å². The van der Waals surface area contributed by atoms with Gasteiger partial charge in [-0.05, 0) is 36.5 Å². The highest BCUT2D eigenvalue weighted by Crippen LogP contribution is 2.29. The molecule has 1 heterocycles. The number of hydrogen-bond donors (Lipinski definition) is 1. The Kier molecular flexibility index (Phi) is 3.66. The molecule has 0 bridgehead atoms. The molecule has 0 atom stereocenters. The van der Waals surface area contributed by atoms with Gasteiger partial charge in [0.2, 0.25) is 0 Å². The van der Waals surface area contributed by atoms with Crippen molar-refractivity contribution in [3.05, 3.63) is 29.6 Å². The summed E-state index contributed by atoms with van der Waals surface area (Å²) in [6.07, 6.45) is 2.16. The van der Waals surface area contributed by atoms with Crippen molar-refractivity contribution in [2.45, 2.75) is 31.6 Å². The molecule has 2 rings (SSSR count). The molecule has 0 saturated carbocycles. The minimum Gasteiger partial charge on any atom is -0.338 e. The molecule has 4 heteroatoms. The number of carbonyl (C=O) groups excluding carboxylic acids is 1. The van der Waals surface area contributed by atoms with Crippen LogP contribution in [0.3, 0.4) is 0 Å². The zero-order chi connectivity index (χ0) is 13.3. The van der Waals surface area contributed by atoms with E-state index in [9.17, 15) is 9.18 Å². The molecule has 2 nitrogen and oxygen atoms in total. The first-order chi connectivity index (χ1) is 8.39. The maximum Gasteiger partial charge on any atom is 0.253 e. The van der Waals surface area contributed by atoms with Crippen molar-refractivity contribution in [2.24, 2.45) is 5.41 Å². The van der Waals surface area contributed by atoms with Gasteiger partial charge in [-0.3, -0.25) is 4.79 Å². The second-order valence-corrected chi connectivity index (χ2v) is 6.14. The van der Waals surface area contributed by atoms with Gasteiger partial charge in [0, 0.05) is 23.5 Å². The van der Waals surface area contributed by atoms with Crippen LogP contribution in [0.4, 0.5) is 4.39 Å². The van der Waals surface area contributed by atoms with E-state index in [-0.39, 0.29) is 16.2 Å². The number of halogens is 1. The van der Waals surface area contributed by atoms with E-state index in [4.69, 9.17) is 0 Å². The first-order valence-electron chi connectivity index (χ1n) is 6.17. The molecule has 1 saturated heterocycles. The van der Waals surface area contributed by atoms with Gasteiger partial charge < -0.3 is 4.90 Å². The maximum absolute atomic E-state index is 13.1. The van der Waals surface area contributed by atoms with Crippen LogP contribution >= 0.6 is 12.6 Å². The van der Waals surface area contributed by atoms with Crippen LogP contribution in [0.5, 0.6) is 0 Å². The summed E-state index contributed by atoms with van der Waals surface area (Å²) in [5.41, 5.74) is 0.677. The van der Waals surface area contributed by atoms with Gasteiger partial charge in [-0.25, -0.2) is 4.39 Å². The van der Waals surface area contributed by atoms with Crippen molar-refractivity contribution < 1.29 is 9.18 Å². The Hall–Kier alpha value is -1.03. The minimum absolute atomic E-state index is 0.0296. The van der Waals surface area contributed by atoms with Gasteiger partial charge in [-0.15, -0.1) is 12.6 Å². The fourth-order valence-corrected chi connectivity index (χ4v) is 2.64. The monoisotopic (exact) mass is 267 g/mol. The highest BCUT2D eigenvalue weighted by atomic mass is 32.1. The Balaban J connectivity index is 2.18. The van der Waals surface area contributed by atoms with Crippen LogP contribution in [0.1, 0.15) is 37.0 Å². The van der Waals surface area contributed by atoms with Crippen molar-refractivity contribution >= 4 is 18.5 Å². The summed E-state index contributed by atoms with van der Waals surface area (Å²) in [5.74, 6) is -0.424. The third-order valence-corrected chi connectivity index (χ3v) is 3.72. The number of carbonyl (C=O) groups is 1. The first-order valence-corrected chi connectivity index (χ1v) is 6.62. The number of hydrogen-bond acceptors (Lipinski definition) is 2. The van der Waals surface area contributed by atoms with Gasteiger partial charge in [-0.2, -0.15) is 0 Å². The van der Waals surface area contributed by atoms with Crippen LogP contribution < -0.4 is 0 Å². The van der Waals surface area contributed by atoms with E-state index < -0.39 is 5.82 Å². The van der Waals surface area contributed by atoms with Gasteiger partial charge in [0.25, 0.3) is 5.91 Å². The third kappa shape index (κ3) is 2.86. The predicted octanol–water partition coefficient (Wildman–Crippen LogP) is 3.38. The van der Waals surface area contributed by atoms with E-state index >= 15 is 0 Å². The lowest BCUT2D eigenvalue weighted by molar-refractivity contribution is 0.0583. The Bertz CT molecular complexity index is 473. The molecule has 1 aromatic carbocycles. The largest absolute Gasteiger partial charge is 0.338 e. The van der Waals surface area contributed by atoms with E-state index in [1.165, 1.54) is 18.2 Å². The molecule has 18 heavy (non-hydrogen) atoms. The third-order valence-electron chi connectivity index (χ3n) is 3.38. The molecule has 98 valence electrons. The van der Waals surface area contributed by atoms with Crippen LogP contribution in [0, 0.1) is 11.2 Å². The fraction of sp³-hybridized carbons (Fsp3) is 0.500. The second-order valence-electron chi connectivity index (χ2n) is 5.66. The predicted molar refractivity (Wildman–Crippen MR) is 72.6 cm³/mol. The topological polar surface area (TPSA) is 20.3 Å². The van der Waals surface area contributed by atoms with E-state index in [1.807, 2.05) is 4.90 Å². The van der Waals surface area contributed by atoms with Crippen LogP contribution in [0.15, 0.2) is 23.1 Å². The molecule has 1 fully saturated rings. The van der Waals surface area contributed by atoms with E-state index in [0.29, 0.717) is 5.56 Å². The molecule has 1 aliphatic rings. The summed E-state index contributed by atoms with van der Waals surface area (Å²) >= 11 is 4.01. The van der Waals surface area contributed by atoms with E-state index in [0.717, 1.165) is 25.9 Å². The van der Waals surface area contributed by atoms with Crippen LogP contribution in [-0.4, -0.2) is 23.9 Å². The number of thiol groups is 1. The normalized spacial score (nSPS) is 18.8. The molecule has 1 aliphatic heterocycles. The number of benzene rings is 1. The number of amides is 1. The van der Waals surface area contributed by atoms with Gasteiger partial charge in [0.15, 0.2) is 0 Å². The zero-order valence-corrected chi connectivity index (χ0v) is 11.6. The van der Waals surface area contributed by atoms with Gasteiger partial charge in [-0.1, -0.05) is 13.8 Å². The maximum atomic E-state index is 13.1. The number of likely N-dealkylation sites (tertiary alicyclic amines) is 1. The molecular formula is C14H18FNOS. The fourth-order valence-electron chi connectivity index (χ4n) is 2.42. The highest BCUT2D eigenvalue weighted by molar-refractivity contribution is 7.80. The van der Waals surface area contributed by atoms with Crippen molar-refractivity contribution in [1.82, 2.24) is 4.90 Å². The van der Waals surface area contributed by atoms with Crippen molar-refractivity contribution in [1.29, 1.82) is 0 Å². The lowest BCUT2D eigenvalue weighted by Crippen LogP contribution is -2.43. The number of piperidine rings is 1. The summed E-state index contributed by atoms with van der Waals surface area (Å²) in [6, 6.07) is 4.33. The first kappa shape index (κ1) is 13.4. The lowest BCUT2D eigenvalue weighted by Gasteiger charge is -2.38. The molecule has 0 radical (unpaired) electrons. The Labute approximate surface area is 113 Å². The molecule has 0 N–H and O–H groups in total. The molecule has 0 aliphatic carbocycles. The summed E-state index contributed by atoms with van der Waals surface area (Å²) < 4.78 is 13.1. The van der Waals surface area contributed by atoms with Crippen molar-refractivity contribution in [3.8, 4) is 0 Å². The van der Waals surface area contributed by atoms with E-state index in [2.05, 4.69) is 26.5 Å². The highest BCUT2D eigenvalue weighted by Gasteiger charge is 2.29. The molecule has 1 amide bonds. The number of rotatable bonds is 1. The zero-order valence-electron chi connectivity index (χ0n) is 10.7. The minimum atomic E-state index is -0.395. The summed E-state index contributed by atoms with van der Waals surface area (Å²) in [5, 5.41) is 0. The van der Waals surface area contributed by atoms with Crippen molar-refractivity contribution in [2.75, 3.05) is 13.1 Å². The molecule has 1 aromatic rings. The standard InChI is InChI=1S/C14H18FNOS/c1-14(2)6-3-7-16(9-14)13(17)10-4-5-11(15)12(18)8-10/h4-5,8,18H,3,6-7,9H2,1-2H3. The van der Waals surface area contributed by atoms with Crippen molar-refractivity contribution in [3.63, 3.8) is 0 Å². The smallest absolute Gasteiger partial charge is 0.253 e. The Morgan fingerprint density at radius 2 is 2.17 bits per heavy atom. The molecule has 0 aromatic heterocycles. The summed E-state index contributed by atoms with van der Waals surface area (Å²) in [4.78, 5) is 14.4. The quantitative estimate of drug-likeness (QED) is 0.773. The Morgan fingerprint density at radius 3 is 2.78 bits per heavy atom.